The molecule has 0 unspecified atom stereocenters. The molecule has 3 nitrogen and oxygen atoms in total. The van der Waals surface area contributed by atoms with E-state index >= 15 is 0 Å². The number of hydrogen-bond acceptors (Lipinski definition) is 2. The second kappa shape index (κ2) is 10.2. The SMILES string of the molecule is C=CC(=O)O.[CH2]CCO. The van der Waals surface area contributed by atoms with Crippen LogP contribution in [0.25, 0.3) is 0 Å². The fourth-order valence-corrected chi connectivity index (χ4v) is 0. The van der Waals surface area contributed by atoms with Gasteiger partial charge in [-0.3, -0.25) is 0 Å². The minimum Gasteiger partial charge on any atom is -0.478 e. The van der Waals surface area contributed by atoms with Crippen molar-refractivity contribution >= 4 is 5.97 Å². The average molecular weight is 131 g/mol. The van der Waals surface area contributed by atoms with Crippen molar-refractivity contribution < 1.29 is 15.0 Å². The summed E-state index contributed by atoms with van der Waals surface area (Å²) in [4.78, 5) is 9.25. The van der Waals surface area contributed by atoms with Crippen molar-refractivity contribution in [1.29, 1.82) is 0 Å². The molecule has 0 fully saturated rings. The van der Waals surface area contributed by atoms with Crippen LogP contribution in [0.4, 0.5) is 0 Å². The third-order valence-electron chi connectivity index (χ3n) is 0.333. The molecule has 0 saturated carbocycles. The number of carbonyl (C=O) groups is 1. The maximum absolute atomic E-state index is 9.25. The van der Waals surface area contributed by atoms with E-state index in [-0.39, 0.29) is 6.61 Å². The Kier molecular flexibility index (Phi) is 12.5. The summed E-state index contributed by atoms with van der Waals surface area (Å²) in [5.41, 5.74) is 0. The second-order valence-electron chi connectivity index (χ2n) is 1.12. The van der Waals surface area contributed by atoms with Crippen molar-refractivity contribution in [2.75, 3.05) is 6.61 Å². The molecule has 0 aromatic rings. The van der Waals surface area contributed by atoms with E-state index in [1.165, 1.54) is 0 Å². The minimum atomic E-state index is -0.981. The normalized spacial score (nSPS) is 6.89. The molecule has 0 rings (SSSR count). The van der Waals surface area contributed by atoms with Crippen LogP contribution in [0.3, 0.4) is 0 Å². The highest BCUT2D eigenvalue weighted by Crippen LogP contribution is 1.60. The Morgan fingerprint density at radius 1 is 1.67 bits per heavy atom. The summed E-state index contributed by atoms with van der Waals surface area (Å²) in [7, 11) is 0. The first-order chi connectivity index (χ1) is 4.18. The standard InChI is InChI=1S/C3H4O2.C3H7O/c1-2-3(4)5;1-2-3-4/h2H,1H2,(H,4,5);4H,1-3H2. The lowest BCUT2D eigenvalue weighted by molar-refractivity contribution is -0.131. The van der Waals surface area contributed by atoms with Crippen LogP contribution >= 0.6 is 0 Å². The Morgan fingerprint density at radius 3 is 1.89 bits per heavy atom. The largest absolute Gasteiger partial charge is 0.478 e. The smallest absolute Gasteiger partial charge is 0.327 e. The Bertz CT molecular complexity index is 76.4. The molecule has 2 N–H and O–H groups in total. The first kappa shape index (κ1) is 11.0. The fourth-order valence-electron chi connectivity index (χ4n) is 0. The first-order valence-corrected chi connectivity index (χ1v) is 2.44. The van der Waals surface area contributed by atoms with E-state index in [2.05, 4.69) is 13.5 Å². The van der Waals surface area contributed by atoms with Crippen LogP contribution in [0, 0.1) is 6.92 Å². The van der Waals surface area contributed by atoms with Crippen molar-refractivity contribution in [3.8, 4) is 0 Å². The van der Waals surface area contributed by atoms with Gasteiger partial charge in [0.1, 0.15) is 0 Å². The molecule has 0 aromatic carbocycles. The first-order valence-electron chi connectivity index (χ1n) is 2.44. The second-order valence-corrected chi connectivity index (χ2v) is 1.12. The monoisotopic (exact) mass is 131 g/mol. The van der Waals surface area contributed by atoms with Crippen LogP contribution in [0.15, 0.2) is 12.7 Å². The van der Waals surface area contributed by atoms with E-state index in [0.717, 1.165) is 6.08 Å². The molecule has 3 heteroatoms. The molecular weight excluding hydrogens is 120 g/mol. The Labute approximate surface area is 54.6 Å². The van der Waals surface area contributed by atoms with Gasteiger partial charge in [-0.05, 0) is 6.42 Å². The summed E-state index contributed by atoms with van der Waals surface area (Å²) in [6, 6.07) is 0. The highest BCUT2D eigenvalue weighted by molar-refractivity contribution is 5.78. The molecular formula is C6H11O3. The summed E-state index contributed by atoms with van der Waals surface area (Å²) in [5.74, 6) is -0.981. The van der Waals surface area contributed by atoms with Crippen LogP contribution in [0.5, 0.6) is 0 Å². The summed E-state index contributed by atoms with van der Waals surface area (Å²) < 4.78 is 0. The van der Waals surface area contributed by atoms with Gasteiger partial charge >= 0.3 is 5.97 Å². The zero-order valence-electron chi connectivity index (χ0n) is 5.21. The van der Waals surface area contributed by atoms with E-state index in [4.69, 9.17) is 10.2 Å². The minimum absolute atomic E-state index is 0.208. The van der Waals surface area contributed by atoms with Gasteiger partial charge in [-0.25, -0.2) is 4.79 Å². The van der Waals surface area contributed by atoms with Gasteiger partial charge in [-0.1, -0.05) is 13.5 Å². The number of aliphatic hydroxyl groups excluding tert-OH is 1. The maximum Gasteiger partial charge on any atom is 0.327 e. The lowest BCUT2D eigenvalue weighted by atomic mass is 10.5. The highest BCUT2D eigenvalue weighted by Gasteiger charge is 1.73. The van der Waals surface area contributed by atoms with Gasteiger partial charge in [0.15, 0.2) is 0 Å². The molecule has 0 atom stereocenters. The summed E-state index contributed by atoms with van der Waals surface area (Å²) in [6.45, 7) is 6.52. The molecule has 9 heavy (non-hydrogen) atoms. The van der Waals surface area contributed by atoms with Crippen LogP contribution in [0.2, 0.25) is 0 Å². The Hall–Kier alpha value is -0.830. The van der Waals surface area contributed by atoms with Crippen LogP contribution in [0.1, 0.15) is 6.42 Å². The molecule has 0 bridgehead atoms. The van der Waals surface area contributed by atoms with Crippen molar-refractivity contribution in [3.63, 3.8) is 0 Å². The maximum atomic E-state index is 9.25. The lowest BCUT2D eigenvalue weighted by Gasteiger charge is -1.69. The van der Waals surface area contributed by atoms with Gasteiger partial charge in [0.2, 0.25) is 0 Å². The topological polar surface area (TPSA) is 57.5 Å². The van der Waals surface area contributed by atoms with Crippen molar-refractivity contribution in [1.82, 2.24) is 0 Å². The van der Waals surface area contributed by atoms with Gasteiger partial charge in [-0.2, -0.15) is 0 Å². The van der Waals surface area contributed by atoms with E-state index in [1.54, 1.807) is 0 Å². The molecule has 0 aliphatic heterocycles. The zero-order valence-corrected chi connectivity index (χ0v) is 5.21. The molecule has 0 saturated heterocycles. The highest BCUT2D eigenvalue weighted by atomic mass is 16.4. The molecule has 0 aliphatic rings. The van der Waals surface area contributed by atoms with E-state index in [9.17, 15) is 4.79 Å². The third kappa shape index (κ3) is 40.7. The van der Waals surface area contributed by atoms with Gasteiger partial charge in [0.05, 0.1) is 0 Å². The van der Waals surface area contributed by atoms with E-state index in [0.29, 0.717) is 6.42 Å². The molecule has 0 spiro atoms. The number of carboxylic acids is 1. The Balaban J connectivity index is 0. The number of hydrogen-bond donors (Lipinski definition) is 2. The summed E-state index contributed by atoms with van der Waals surface area (Å²) in [5, 5.41) is 15.4. The van der Waals surface area contributed by atoms with Gasteiger partial charge in [0, 0.05) is 12.7 Å². The number of aliphatic hydroxyl groups is 1. The number of carboxylic acid groups (broad SMARTS) is 1. The number of aliphatic carboxylic acids is 1. The average Bonchev–Trinajstić information content (AvgIpc) is 1.89. The quantitative estimate of drug-likeness (QED) is 0.535. The van der Waals surface area contributed by atoms with Gasteiger partial charge in [-0.15, -0.1) is 0 Å². The molecule has 0 amide bonds. The van der Waals surface area contributed by atoms with Crippen molar-refractivity contribution in [2.24, 2.45) is 0 Å². The number of rotatable bonds is 2. The molecule has 53 valence electrons. The van der Waals surface area contributed by atoms with Gasteiger partial charge in [0.25, 0.3) is 0 Å². The van der Waals surface area contributed by atoms with Crippen molar-refractivity contribution in [2.45, 2.75) is 6.42 Å². The molecule has 0 aromatic heterocycles. The van der Waals surface area contributed by atoms with E-state index in [1.807, 2.05) is 0 Å². The molecule has 1 radical (unpaired) electrons. The zero-order chi connectivity index (χ0) is 7.70. The predicted molar refractivity (Wildman–Crippen MR) is 34.9 cm³/mol. The Morgan fingerprint density at radius 2 is 1.89 bits per heavy atom. The van der Waals surface area contributed by atoms with Crippen molar-refractivity contribution in [3.05, 3.63) is 19.6 Å². The van der Waals surface area contributed by atoms with Crippen LogP contribution in [-0.2, 0) is 4.79 Å². The molecule has 0 aliphatic carbocycles. The van der Waals surface area contributed by atoms with Crippen LogP contribution in [-0.4, -0.2) is 22.8 Å². The van der Waals surface area contributed by atoms with E-state index < -0.39 is 5.97 Å². The van der Waals surface area contributed by atoms with Crippen LogP contribution < -0.4 is 0 Å². The summed E-state index contributed by atoms with van der Waals surface area (Å²) in [6.07, 6.45) is 1.46. The lowest BCUT2D eigenvalue weighted by Crippen LogP contribution is -1.82. The third-order valence-corrected chi connectivity index (χ3v) is 0.333. The predicted octanol–water partition coefficient (Wildman–Crippen LogP) is 0.460. The van der Waals surface area contributed by atoms with Gasteiger partial charge < -0.3 is 10.2 Å². The fraction of sp³-hybridized carbons (Fsp3) is 0.333. The molecule has 0 heterocycles. The summed E-state index contributed by atoms with van der Waals surface area (Å²) >= 11 is 0.